The maximum Gasteiger partial charge on any atom is 0.272 e. The molecule has 0 fully saturated rings. The lowest BCUT2D eigenvalue weighted by atomic mass is 10.1. The molecule has 210 valence electrons. The van der Waals surface area contributed by atoms with Gasteiger partial charge in [0.25, 0.3) is 23.6 Å². The Bertz CT molecular complexity index is 1640. The average molecular weight is 641 g/mol. The molecule has 0 aliphatic carbocycles. The summed E-state index contributed by atoms with van der Waals surface area (Å²) >= 11 is 5.04. The molecule has 0 atom stereocenters. The Morgan fingerprint density at radius 2 is 1.48 bits per heavy atom. The Kier molecular flexibility index (Phi) is 9.31. The summed E-state index contributed by atoms with van der Waals surface area (Å²) in [5.41, 5.74) is 2.79. The number of carbonyl (C=O) groups excluding carboxylic acids is 4. The molecule has 2 N–H and O–H groups in total. The van der Waals surface area contributed by atoms with Crippen LogP contribution in [0, 0.1) is 0 Å². The van der Waals surface area contributed by atoms with Crippen LogP contribution in [-0.2, 0) is 4.79 Å². The van der Waals surface area contributed by atoms with Gasteiger partial charge in [0.15, 0.2) is 0 Å². The molecule has 9 heteroatoms. The number of hydrogen-bond acceptors (Lipinski definition) is 5. The molecule has 7 nitrogen and oxygen atoms in total. The van der Waals surface area contributed by atoms with E-state index in [1.807, 2.05) is 42.5 Å². The maximum absolute atomic E-state index is 13.3. The smallest absolute Gasteiger partial charge is 0.272 e. The van der Waals surface area contributed by atoms with Gasteiger partial charge in [0.2, 0.25) is 0 Å². The molecule has 0 saturated heterocycles. The molecule has 0 saturated carbocycles. The van der Waals surface area contributed by atoms with Crippen LogP contribution in [0.2, 0.25) is 0 Å². The normalized spacial score (nSPS) is 12.7. The van der Waals surface area contributed by atoms with Crippen LogP contribution in [0.1, 0.15) is 43.1 Å². The second-order valence-corrected chi connectivity index (χ2v) is 11.5. The lowest BCUT2D eigenvalue weighted by Gasteiger charge is -2.13. The summed E-state index contributed by atoms with van der Waals surface area (Å²) in [5, 5.41) is 5.60. The van der Waals surface area contributed by atoms with Gasteiger partial charge in [-0.3, -0.25) is 24.1 Å². The first kappa shape index (κ1) is 29.0. The summed E-state index contributed by atoms with van der Waals surface area (Å²) < 4.78 is 0.849. The number of halogens is 1. The van der Waals surface area contributed by atoms with Crippen molar-refractivity contribution in [2.24, 2.45) is 0 Å². The van der Waals surface area contributed by atoms with Gasteiger partial charge in [-0.05, 0) is 84.5 Å². The van der Waals surface area contributed by atoms with E-state index in [0.717, 1.165) is 14.9 Å². The third-order valence-electron chi connectivity index (χ3n) is 6.47. The van der Waals surface area contributed by atoms with Gasteiger partial charge in [-0.15, -0.1) is 11.8 Å². The van der Waals surface area contributed by atoms with Crippen molar-refractivity contribution >= 4 is 63.1 Å². The van der Waals surface area contributed by atoms with Crippen molar-refractivity contribution in [3.63, 3.8) is 0 Å². The van der Waals surface area contributed by atoms with Crippen LogP contribution < -0.4 is 10.6 Å². The highest BCUT2D eigenvalue weighted by molar-refractivity contribution is 9.10. The summed E-state index contributed by atoms with van der Waals surface area (Å²) in [5.74, 6) is -0.618. The molecular formula is C33H26BrN3O4S. The molecular weight excluding hydrogens is 614 g/mol. The predicted octanol–water partition coefficient (Wildman–Crippen LogP) is 6.64. The Morgan fingerprint density at radius 1 is 0.810 bits per heavy atom. The fourth-order valence-electron chi connectivity index (χ4n) is 4.39. The third-order valence-corrected chi connectivity index (χ3v) is 8.07. The topological polar surface area (TPSA) is 95.6 Å². The van der Waals surface area contributed by atoms with Crippen LogP contribution in [0.3, 0.4) is 0 Å². The van der Waals surface area contributed by atoms with E-state index in [1.165, 1.54) is 4.90 Å². The molecule has 1 aliphatic rings. The summed E-state index contributed by atoms with van der Waals surface area (Å²) in [6, 6.07) is 30.4. The number of rotatable bonds is 10. The van der Waals surface area contributed by atoms with Gasteiger partial charge in [-0.2, -0.15) is 0 Å². The average Bonchev–Trinajstić information content (AvgIpc) is 3.25. The molecule has 0 bridgehead atoms. The minimum absolute atomic E-state index is 0.105. The quantitative estimate of drug-likeness (QED) is 0.0878. The molecule has 0 radical (unpaired) electrons. The van der Waals surface area contributed by atoms with Crippen molar-refractivity contribution in [3.8, 4) is 0 Å². The third kappa shape index (κ3) is 7.05. The number of thioether (sulfide) groups is 1. The first-order valence-corrected chi connectivity index (χ1v) is 15.0. The number of nitrogens with zero attached hydrogens (tertiary/aromatic N) is 1. The van der Waals surface area contributed by atoms with E-state index in [2.05, 4.69) is 26.6 Å². The van der Waals surface area contributed by atoms with E-state index in [4.69, 9.17) is 0 Å². The van der Waals surface area contributed by atoms with Gasteiger partial charge >= 0.3 is 0 Å². The number of carbonyl (C=O) groups is 4. The van der Waals surface area contributed by atoms with Crippen molar-refractivity contribution in [3.05, 3.63) is 136 Å². The van der Waals surface area contributed by atoms with Gasteiger partial charge < -0.3 is 10.6 Å². The van der Waals surface area contributed by atoms with Gasteiger partial charge in [0.05, 0.1) is 11.1 Å². The fourth-order valence-corrected chi connectivity index (χ4v) is 5.65. The van der Waals surface area contributed by atoms with E-state index in [1.54, 1.807) is 78.5 Å². The number of benzene rings is 4. The summed E-state index contributed by atoms with van der Waals surface area (Å²) in [6.45, 7) is 0.356. The molecule has 42 heavy (non-hydrogen) atoms. The Morgan fingerprint density at radius 3 is 2.14 bits per heavy atom. The standard InChI is InChI=1S/C33H26BrN3O4S/c34-24-11-6-8-22(20-24)21-29(36-30(38)23-9-2-1-3-10-23)31(39)35-25-14-16-26(17-15-25)42-19-7-18-37-32(40)27-12-4-5-13-28(27)33(37)41/h1-6,8-17,20-21H,7,18-19H2,(H,35,39)(H,36,38)/b29-21-. The van der Waals surface area contributed by atoms with Crippen molar-refractivity contribution < 1.29 is 19.2 Å². The Labute approximate surface area is 256 Å². The number of imide groups is 1. The summed E-state index contributed by atoms with van der Waals surface area (Å²) in [7, 11) is 0. The van der Waals surface area contributed by atoms with Crippen LogP contribution in [-0.4, -0.2) is 40.8 Å². The summed E-state index contributed by atoms with van der Waals surface area (Å²) in [4.78, 5) is 53.4. The van der Waals surface area contributed by atoms with E-state index >= 15 is 0 Å². The second-order valence-electron chi connectivity index (χ2n) is 9.42. The molecule has 0 unspecified atom stereocenters. The van der Waals surface area contributed by atoms with Gasteiger partial charge in [-0.25, -0.2) is 0 Å². The SMILES string of the molecule is O=C(Nc1ccc(SCCCN2C(=O)c3ccccc3C2=O)cc1)/C(=C/c1cccc(Br)c1)NC(=O)c1ccccc1. The van der Waals surface area contributed by atoms with E-state index < -0.39 is 5.91 Å². The van der Waals surface area contributed by atoms with E-state index in [9.17, 15) is 19.2 Å². The fraction of sp³-hybridized carbons (Fsp3) is 0.0909. The number of amides is 4. The molecule has 4 aromatic rings. The van der Waals surface area contributed by atoms with Gasteiger partial charge in [-0.1, -0.05) is 58.4 Å². The molecule has 4 amide bonds. The van der Waals surface area contributed by atoms with Crippen LogP contribution in [0.15, 0.2) is 118 Å². The molecule has 0 aromatic heterocycles. The second kappa shape index (κ2) is 13.5. The lowest BCUT2D eigenvalue weighted by Crippen LogP contribution is -2.31. The lowest BCUT2D eigenvalue weighted by molar-refractivity contribution is -0.113. The first-order chi connectivity index (χ1) is 20.4. The van der Waals surface area contributed by atoms with Gasteiger partial charge in [0.1, 0.15) is 5.70 Å². The number of anilines is 1. The van der Waals surface area contributed by atoms with E-state index in [0.29, 0.717) is 41.1 Å². The van der Waals surface area contributed by atoms with Crippen LogP contribution in [0.5, 0.6) is 0 Å². The number of nitrogens with one attached hydrogen (secondary N) is 2. The highest BCUT2D eigenvalue weighted by Gasteiger charge is 2.34. The van der Waals surface area contributed by atoms with Crippen LogP contribution in [0.25, 0.3) is 6.08 Å². The van der Waals surface area contributed by atoms with Crippen LogP contribution >= 0.6 is 27.7 Å². The zero-order valence-corrected chi connectivity index (χ0v) is 24.8. The predicted molar refractivity (Wildman–Crippen MR) is 168 cm³/mol. The van der Waals surface area contributed by atoms with Crippen molar-refractivity contribution in [2.45, 2.75) is 11.3 Å². The molecule has 4 aromatic carbocycles. The van der Waals surface area contributed by atoms with Gasteiger partial charge in [0, 0.05) is 27.2 Å². The van der Waals surface area contributed by atoms with Crippen molar-refractivity contribution in [2.75, 3.05) is 17.6 Å². The zero-order valence-electron chi connectivity index (χ0n) is 22.4. The monoisotopic (exact) mass is 639 g/mol. The molecule has 0 spiro atoms. The zero-order chi connectivity index (χ0) is 29.5. The molecule has 1 heterocycles. The minimum Gasteiger partial charge on any atom is -0.321 e. The van der Waals surface area contributed by atoms with Crippen LogP contribution in [0.4, 0.5) is 5.69 Å². The largest absolute Gasteiger partial charge is 0.321 e. The number of fused-ring (bicyclic) bond motifs is 1. The highest BCUT2D eigenvalue weighted by atomic mass is 79.9. The molecule has 5 rings (SSSR count). The first-order valence-electron chi connectivity index (χ1n) is 13.2. The minimum atomic E-state index is -0.458. The Hall–Kier alpha value is -4.47. The van der Waals surface area contributed by atoms with Crippen molar-refractivity contribution in [1.82, 2.24) is 10.2 Å². The maximum atomic E-state index is 13.3. The summed E-state index contributed by atoms with van der Waals surface area (Å²) in [6.07, 6.45) is 2.28. The molecule has 1 aliphatic heterocycles. The van der Waals surface area contributed by atoms with E-state index in [-0.39, 0.29) is 23.4 Å². The van der Waals surface area contributed by atoms with Crippen molar-refractivity contribution in [1.29, 1.82) is 0 Å². The number of hydrogen-bond donors (Lipinski definition) is 2. The highest BCUT2D eigenvalue weighted by Crippen LogP contribution is 2.25. The Balaban J connectivity index is 1.18.